The number of rotatable bonds is 5. The van der Waals surface area contributed by atoms with E-state index in [9.17, 15) is 13.2 Å². The van der Waals surface area contributed by atoms with Crippen molar-refractivity contribution in [3.63, 3.8) is 0 Å². The first kappa shape index (κ1) is 18.4. The molecule has 1 heterocycles. The first-order valence-corrected chi connectivity index (χ1v) is 9.94. The van der Waals surface area contributed by atoms with Crippen molar-refractivity contribution < 1.29 is 8.42 Å². The molecule has 0 radical (unpaired) electrons. The van der Waals surface area contributed by atoms with Crippen LogP contribution < -0.4 is 10.3 Å². The second-order valence-electron chi connectivity index (χ2n) is 6.63. The molecular formula is C20H22N2O3S. The Bertz CT molecular complexity index is 1130. The van der Waals surface area contributed by atoms with Gasteiger partial charge in [0, 0.05) is 12.1 Å². The molecule has 0 atom stereocenters. The van der Waals surface area contributed by atoms with Gasteiger partial charge in [0.25, 0.3) is 5.56 Å². The second-order valence-corrected chi connectivity index (χ2v) is 8.40. The maximum Gasteiger partial charge on any atom is 0.251 e. The molecule has 0 unspecified atom stereocenters. The Kier molecular flexibility index (Phi) is 4.98. The molecule has 3 rings (SSSR count). The molecular weight excluding hydrogens is 348 g/mol. The molecule has 1 aromatic heterocycles. The summed E-state index contributed by atoms with van der Waals surface area (Å²) in [7, 11) is -3.58. The average Bonchev–Trinajstić information content (AvgIpc) is 2.56. The van der Waals surface area contributed by atoms with Gasteiger partial charge in [0.05, 0.1) is 10.4 Å². The predicted octanol–water partition coefficient (Wildman–Crippen LogP) is 2.97. The summed E-state index contributed by atoms with van der Waals surface area (Å²) < 4.78 is 27.3. The number of aromatic amines is 1. The van der Waals surface area contributed by atoms with Crippen LogP contribution in [-0.4, -0.2) is 19.9 Å². The lowest BCUT2D eigenvalue weighted by Gasteiger charge is -2.09. The molecule has 6 heteroatoms. The zero-order valence-corrected chi connectivity index (χ0v) is 15.9. The number of sulfonamides is 1. The summed E-state index contributed by atoms with van der Waals surface area (Å²) in [5.74, 6) is 0. The highest BCUT2D eigenvalue weighted by Gasteiger charge is 2.14. The fraction of sp³-hybridized carbons (Fsp3) is 0.250. The third kappa shape index (κ3) is 3.86. The lowest BCUT2D eigenvalue weighted by molar-refractivity contribution is 0.581. The Morgan fingerprint density at radius 2 is 1.77 bits per heavy atom. The first-order valence-electron chi connectivity index (χ1n) is 8.46. The van der Waals surface area contributed by atoms with Gasteiger partial charge in [0.2, 0.25) is 10.0 Å². The number of benzene rings is 2. The van der Waals surface area contributed by atoms with Crippen LogP contribution in [0.5, 0.6) is 0 Å². The standard InChI is InChI=1S/C20H22N2O3S/c1-13-5-4-6-18(11-13)26(24,25)21-8-7-16-12-17-10-14(2)9-15(3)19(17)22-20(16)23/h4-6,9-12,21H,7-8H2,1-3H3,(H,22,23). The summed E-state index contributed by atoms with van der Waals surface area (Å²) in [5.41, 5.74) is 4.22. The molecule has 0 spiro atoms. The van der Waals surface area contributed by atoms with Gasteiger partial charge in [0.15, 0.2) is 0 Å². The topological polar surface area (TPSA) is 79.0 Å². The van der Waals surface area contributed by atoms with Crippen LogP contribution in [0, 0.1) is 20.8 Å². The first-order chi connectivity index (χ1) is 12.3. The van der Waals surface area contributed by atoms with Crippen LogP contribution in [0.1, 0.15) is 22.3 Å². The molecule has 26 heavy (non-hydrogen) atoms. The van der Waals surface area contributed by atoms with E-state index in [2.05, 4.69) is 9.71 Å². The van der Waals surface area contributed by atoms with E-state index < -0.39 is 10.0 Å². The molecule has 3 aromatic rings. The van der Waals surface area contributed by atoms with Crippen LogP contribution in [0.2, 0.25) is 0 Å². The minimum absolute atomic E-state index is 0.162. The molecule has 2 N–H and O–H groups in total. The van der Waals surface area contributed by atoms with Crippen LogP contribution in [0.3, 0.4) is 0 Å². The number of pyridine rings is 1. The lowest BCUT2D eigenvalue weighted by Crippen LogP contribution is -2.27. The van der Waals surface area contributed by atoms with E-state index in [4.69, 9.17) is 0 Å². The Morgan fingerprint density at radius 3 is 2.50 bits per heavy atom. The predicted molar refractivity (Wildman–Crippen MR) is 104 cm³/mol. The van der Waals surface area contributed by atoms with Crippen molar-refractivity contribution >= 4 is 20.9 Å². The molecule has 0 aliphatic rings. The smallest absolute Gasteiger partial charge is 0.251 e. The minimum Gasteiger partial charge on any atom is -0.321 e. The third-order valence-electron chi connectivity index (χ3n) is 4.36. The quantitative estimate of drug-likeness (QED) is 0.725. The van der Waals surface area contributed by atoms with Crippen LogP contribution in [-0.2, 0) is 16.4 Å². The van der Waals surface area contributed by atoms with Crippen molar-refractivity contribution in [1.29, 1.82) is 0 Å². The summed E-state index contributed by atoms with van der Waals surface area (Å²) in [5, 5.41) is 0.957. The van der Waals surface area contributed by atoms with Crippen molar-refractivity contribution in [2.75, 3.05) is 6.54 Å². The zero-order chi connectivity index (χ0) is 18.9. The second kappa shape index (κ2) is 7.05. The summed E-state index contributed by atoms with van der Waals surface area (Å²) in [6.07, 6.45) is 0.323. The molecule has 0 aliphatic heterocycles. The number of nitrogens with one attached hydrogen (secondary N) is 2. The minimum atomic E-state index is -3.58. The van der Waals surface area contributed by atoms with Gasteiger partial charge in [-0.1, -0.05) is 23.8 Å². The normalized spacial score (nSPS) is 11.8. The highest BCUT2D eigenvalue weighted by molar-refractivity contribution is 7.89. The summed E-state index contributed by atoms with van der Waals surface area (Å²) in [6, 6.07) is 12.6. The maximum atomic E-state index is 12.4. The molecule has 0 fully saturated rings. The fourth-order valence-corrected chi connectivity index (χ4v) is 4.24. The van der Waals surface area contributed by atoms with Crippen molar-refractivity contribution in [2.24, 2.45) is 0 Å². The molecule has 2 aromatic carbocycles. The van der Waals surface area contributed by atoms with E-state index in [0.717, 1.165) is 27.6 Å². The molecule has 5 nitrogen and oxygen atoms in total. The number of fused-ring (bicyclic) bond motifs is 1. The van der Waals surface area contributed by atoms with Crippen LogP contribution in [0.25, 0.3) is 10.9 Å². The van der Waals surface area contributed by atoms with Gasteiger partial charge in [-0.3, -0.25) is 4.79 Å². The molecule has 0 saturated carbocycles. The molecule has 136 valence electrons. The van der Waals surface area contributed by atoms with Crippen LogP contribution in [0.15, 0.2) is 52.2 Å². The van der Waals surface area contributed by atoms with Gasteiger partial charge in [-0.05, 0) is 68.0 Å². The molecule has 0 saturated heterocycles. The van der Waals surface area contributed by atoms with Crippen LogP contribution in [0.4, 0.5) is 0 Å². The highest BCUT2D eigenvalue weighted by atomic mass is 32.2. The van der Waals surface area contributed by atoms with Gasteiger partial charge >= 0.3 is 0 Å². The largest absolute Gasteiger partial charge is 0.321 e. The van der Waals surface area contributed by atoms with Crippen molar-refractivity contribution in [3.05, 3.63) is 75.1 Å². The zero-order valence-electron chi connectivity index (χ0n) is 15.1. The average molecular weight is 370 g/mol. The molecule has 0 amide bonds. The van der Waals surface area contributed by atoms with Crippen molar-refractivity contribution in [2.45, 2.75) is 32.1 Å². The summed E-state index contributed by atoms with van der Waals surface area (Å²) in [6.45, 7) is 5.97. The van der Waals surface area contributed by atoms with Gasteiger partial charge in [0.1, 0.15) is 0 Å². The van der Waals surface area contributed by atoms with Gasteiger partial charge in [-0.15, -0.1) is 0 Å². The van der Waals surface area contributed by atoms with E-state index in [1.807, 2.05) is 45.0 Å². The van der Waals surface area contributed by atoms with E-state index in [0.29, 0.717) is 12.0 Å². The Morgan fingerprint density at radius 1 is 1.00 bits per heavy atom. The SMILES string of the molecule is Cc1cccc(S(=O)(=O)NCCc2cc3cc(C)cc(C)c3[nH]c2=O)c1. The molecule has 0 bridgehead atoms. The Balaban J connectivity index is 1.80. The number of hydrogen-bond donors (Lipinski definition) is 2. The number of aromatic nitrogens is 1. The van der Waals surface area contributed by atoms with Crippen molar-refractivity contribution in [1.82, 2.24) is 9.71 Å². The monoisotopic (exact) mass is 370 g/mol. The summed E-state index contributed by atoms with van der Waals surface area (Å²) in [4.78, 5) is 15.4. The highest BCUT2D eigenvalue weighted by Crippen LogP contribution is 2.18. The molecule has 0 aliphatic carbocycles. The number of aryl methyl sites for hydroxylation is 3. The number of H-pyrrole nitrogens is 1. The number of hydrogen-bond acceptors (Lipinski definition) is 3. The third-order valence-corrected chi connectivity index (χ3v) is 5.82. The van der Waals surface area contributed by atoms with Gasteiger partial charge in [-0.25, -0.2) is 13.1 Å². The Hall–Kier alpha value is -2.44. The van der Waals surface area contributed by atoms with E-state index in [1.54, 1.807) is 18.2 Å². The lowest BCUT2D eigenvalue weighted by atomic mass is 10.0. The van der Waals surface area contributed by atoms with Gasteiger partial charge in [-0.2, -0.15) is 0 Å². The fourth-order valence-electron chi connectivity index (χ4n) is 3.10. The van der Waals surface area contributed by atoms with Crippen molar-refractivity contribution in [3.8, 4) is 0 Å². The van der Waals surface area contributed by atoms with E-state index >= 15 is 0 Å². The van der Waals surface area contributed by atoms with Crippen LogP contribution >= 0.6 is 0 Å². The summed E-state index contributed by atoms with van der Waals surface area (Å²) >= 11 is 0. The Labute approximate surface area is 153 Å². The van der Waals surface area contributed by atoms with Gasteiger partial charge < -0.3 is 4.98 Å². The van der Waals surface area contributed by atoms with E-state index in [1.165, 1.54) is 0 Å². The van der Waals surface area contributed by atoms with E-state index in [-0.39, 0.29) is 17.0 Å². The maximum absolute atomic E-state index is 12.4.